The van der Waals surface area contributed by atoms with Gasteiger partial charge >= 0.3 is 0 Å². The summed E-state index contributed by atoms with van der Waals surface area (Å²) in [7, 11) is 0. The molecule has 1 amide bonds. The summed E-state index contributed by atoms with van der Waals surface area (Å²) < 4.78 is 0. The molecule has 0 saturated carbocycles. The fourth-order valence-corrected chi connectivity index (χ4v) is 2.05. The third-order valence-corrected chi connectivity index (χ3v) is 3.31. The zero-order chi connectivity index (χ0) is 14.5. The molecule has 5 heteroatoms. The van der Waals surface area contributed by atoms with Crippen LogP contribution in [0.25, 0.3) is 0 Å². The molecule has 1 N–H and O–H groups in total. The van der Waals surface area contributed by atoms with Gasteiger partial charge in [-0.25, -0.2) is 0 Å². The van der Waals surface area contributed by atoms with Crippen molar-refractivity contribution in [2.75, 3.05) is 0 Å². The van der Waals surface area contributed by atoms with E-state index in [0.717, 1.165) is 0 Å². The highest BCUT2D eigenvalue weighted by Gasteiger charge is 2.16. The highest BCUT2D eigenvalue weighted by Crippen LogP contribution is 2.19. The maximum atomic E-state index is 12.1. The van der Waals surface area contributed by atoms with Gasteiger partial charge in [-0.1, -0.05) is 47.5 Å². The van der Waals surface area contributed by atoms with Crippen molar-refractivity contribution in [2.24, 2.45) is 0 Å². The van der Waals surface area contributed by atoms with Gasteiger partial charge in [0.2, 0.25) is 0 Å². The molecule has 20 heavy (non-hydrogen) atoms. The van der Waals surface area contributed by atoms with Gasteiger partial charge in [0.25, 0.3) is 5.91 Å². The number of halogens is 2. The second-order valence-electron chi connectivity index (χ2n) is 4.07. The van der Waals surface area contributed by atoms with Gasteiger partial charge in [-0.2, -0.15) is 5.26 Å². The van der Waals surface area contributed by atoms with Crippen molar-refractivity contribution in [3.63, 3.8) is 0 Å². The van der Waals surface area contributed by atoms with Crippen molar-refractivity contribution in [2.45, 2.75) is 6.04 Å². The SMILES string of the molecule is N#CC(NC(=O)c1ccccc1Cl)c1ccc(Cl)cc1. The second kappa shape index (κ2) is 6.42. The summed E-state index contributed by atoms with van der Waals surface area (Å²) in [5.41, 5.74) is 1.00. The van der Waals surface area contributed by atoms with Gasteiger partial charge in [-0.3, -0.25) is 4.79 Å². The van der Waals surface area contributed by atoms with Gasteiger partial charge in [0, 0.05) is 5.02 Å². The molecule has 3 nitrogen and oxygen atoms in total. The van der Waals surface area contributed by atoms with Crippen LogP contribution in [-0.4, -0.2) is 5.91 Å². The lowest BCUT2D eigenvalue weighted by atomic mass is 10.1. The molecule has 0 aliphatic carbocycles. The predicted octanol–water partition coefficient (Wildman–Crippen LogP) is 3.99. The zero-order valence-electron chi connectivity index (χ0n) is 10.3. The zero-order valence-corrected chi connectivity index (χ0v) is 11.8. The van der Waals surface area contributed by atoms with E-state index in [-0.39, 0.29) is 0 Å². The van der Waals surface area contributed by atoms with Crippen molar-refractivity contribution >= 4 is 29.1 Å². The topological polar surface area (TPSA) is 52.9 Å². The molecule has 1 atom stereocenters. The Morgan fingerprint density at radius 2 is 1.75 bits per heavy atom. The number of carbonyl (C=O) groups is 1. The Hall–Kier alpha value is -2.02. The lowest BCUT2D eigenvalue weighted by Gasteiger charge is -2.12. The number of hydrogen-bond acceptors (Lipinski definition) is 2. The summed E-state index contributed by atoms with van der Waals surface area (Å²) in [5, 5.41) is 12.7. The van der Waals surface area contributed by atoms with Gasteiger partial charge in [-0.15, -0.1) is 0 Å². The molecule has 0 aliphatic heterocycles. The Balaban J connectivity index is 2.19. The van der Waals surface area contributed by atoms with Crippen LogP contribution in [0.2, 0.25) is 10.0 Å². The smallest absolute Gasteiger partial charge is 0.254 e. The molecule has 2 aromatic rings. The Morgan fingerprint density at radius 1 is 1.10 bits per heavy atom. The van der Waals surface area contributed by atoms with Crippen LogP contribution in [0.1, 0.15) is 22.0 Å². The molecule has 2 rings (SSSR count). The Morgan fingerprint density at radius 3 is 2.35 bits per heavy atom. The van der Waals surface area contributed by atoms with Gasteiger partial charge in [-0.05, 0) is 29.8 Å². The third-order valence-electron chi connectivity index (χ3n) is 2.73. The number of carbonyl (C=O) groups excluding carboxylic acids is 1. The van der Waals surface area contributed by atoms with Gasteiger partial charge in [0.15, 0.2) is 0 Å². The first-order chi connectivity index (χ1) is 9.61. The first-order valence-corrected chi connectivity index (χ1v) is 6.58. The van der Waals surface area contributed by atoms with Crippen molar-refractivity contribution in [3.8, 4) is 6.07 Å². The highest BCUT2D eigenvalue weighted by atomic mass is 35.5. The lowest BCUT2D eigenvalue weighted by molar-refractivity contribution is 0.0945. The van der Waals surface area contributed by atoms with Crippen LogP contribution in [0.15, 0.2) is 48.5 Å². The molecule has 1 unspecified atom stereocenters. The molecule has 2 aromatic carbocycles. The minimum Gasteiger partial charge on any atom is -0.332 e. The molecule has 0 fully saturated rings. The number of amides is 1. The molecular formula is C15H10Cl2N2O. The number of nitrogens with one attached hydrogen (secondary N) is 1. The largest absolute Gasteiger partial charge is 0.332 e. The summed E-state index contributed by atoms with van der Waals surface area (Å²) in [6.07, 6.45) is 0. The van der Waals surface area contributed by atoms with E-state index in [4.69, 9.17) is 23.2 Å². The maximum absolute atomic E-state index is 12.1. The van der Waals surface area contributed by atoms with Crippen molar-refractivity contribution in [1.29, 1.82) is 5.26 Å². The van der Waals surface area contributed by atoms with E-state index in [1.807, 2.05) is 6.07 Å². The maximum Gasteiger partial charge on any atom is 0.254 e. The minimum atomic E-state index is -0.754. The number of rotatable bonds is 3. The Kier molecular flexibility index (Phi) is 4.62. The van der Waals surface area contributed by atoms with E-state index in [9.17, 15) is 10.1 Å². The average molecular weight is 305 g/mol. The van der Waals surface area contributed by atoms with Crippen molar-refractivity contribution in [1.82, 2.24) is 5.32 Å². The molecule has 0 heterocycles. The molecule has 100 valence electrons. The van der Waals surface area contributed by atoms with E-state index in [1.54, 1.807) is 48.5 Å². The fourth-order valence-electron chi connectivity index (χ4n) is 1.70. The molecular weight excluding hydrogens is 295 g/mol. The quantitative estimate of drug-likeness (QED) is 0.932. The summed E-state index contributed by atoms with van der Waals surface area (Å²) in [5.74, 6) is -0.392. The van der Waals surface area contributed by atoms with Gasteiger partial charge < -0.3 is 5.32 Å². The number of hydrogen-bond donors (Lipinski definition) is 1. The lowest BCUT2D eigenvalue weighted by Crippen LogP contribution is -2.27. The minimum absolute atomic E-state index is 0.336. The van der Waals surface area contributed by atoms with Crippen LogP contribution in [0.3, 0.4) is 0 Å². The first kappa shape index (κ1) is 14.4. The van der Waals surface area contributed by atoms with Gasteiger partial charge in [0.1, 0.15) is 6.04 Å². The summed E-state index contributed by atoms with van der Waals surface area (Å²) in [4.78, 5) is 12.1. The predicted molar refractivity (Wildman–Crippen MR) is 78.7 cm³/mol. The van der Waals surface area contributed by atoms with E-state index in [0.29, 0.717) is 21.2 Å². The molecule has 0 saturated heterocycles. The Labute approximate surface area is 126 Å². The van der Waals surface area contributed by atoms with E-state index >= 15 is 0 Å². The summed E-state index contributed by atoms with van der Waals surface area (Å²) in [6, 6.07) is 14.7. The first-order valence-electron chi connectivity index (χ1n) is 5.82. The normalized spacial score (nSPS) is 11.4. The van der Waals surface area contributed by atoms with E-state index < -0.39 is 11.9 Å². The monoisotopic (exact) mass is 304 g/mol. The molecule has 0 aliphatic rings. The Bertz CT molecular complexity index is 662. The van der Waals surface area contributed by atoms with Crippen LogP contribution in [0, 0.1) is 11.3 Å². The summed E-state index contributed by atoms with van der Waals surface area (Å²) in [6.45, 7) is 0. The van der Waals surface area contributed by atoms with Crippen LogP contribution >= 0.6 is 23.2 Å². The van der Waals surface area contributed by atoms with Crippen molar-refractivity contribution < 1.29 is 4.79 Å². The second-order valence-corrected chi connectivity index (χ2v) is 4.91. The number of benzene rings is 2. The molecule has 0 aromatic heterocycles. The molecule has 0 bridgehead atoms. The standard InChI is InChI=1S/C15H10Cl2N2O/c16-11-7-5-10(6-8-11)14(9-18)19-15(20)12-3-1-2-4-13(12)17/h1-8,14H,(H,19,20). The van der Waals surface area contributed by atoms with Gasteiger partial charge in [0.05, 0.1) is 16.7 Å². The van der Waals surface area contributed by atoms with Crippen LogP contribution in [-0.2, 0) is 0 Å². The van der Waals surface area contributed by atoms with Crippen LogP contribution in [0.4, 0.5) is 0 Å². The van der Waals surface area contributed by atoms with Crippen LogP contribution in [0.5, 0.6) is 0 Å². The van der Waals surface area contributed by atoms with E-state index in [1.165, 1.54) is 0 Å². The third kappa shape index (κ3) is 3.30. The van der Waals surface area contributed by atoms with Crippen LogP contribution < -0.4 is 5.32 Å². The number of nitrogens with zero attached hydrogens (tertiary/aromatic N) is 1. The van der Waals surface area contributed by atoms with Crippen molar-refractivity contribution in [3.05, 3.63) is 69.7 Å². The number of nitriles is 1. The average Bonchev–Trinajstić information content (AvgIpc) is 2.46. The molecule has 0 spiro atoms. The highest BCUT2D eigenvalue weighted by molar-refractivity contribution is 6.33. The molecule has 0 radical (unpaired) electrons. The van der Waals surface area contributed by atoms with E-state index in [2.05, 4.69) is 5.32 Å². The summed E-state index contributed by atoms with van der Waals surface area (Å²) >= 11 is 11.7. The fraction of sp³-hybridized carbons (Fsp3) is 0.0667.